The second kappa shape index (κ2) is 8.78. The molecule has 0 fully saturated rings. The van der Waals surface area contributed by atoms with E-state index in [-0.39, 0.29) is 18.6 Å². The average molecular weight is 411 g/mol. The van der Waals surface area contributed by atoms with Crippen LogP contribution in [-0.4, -0.2) is 37.2 Å². The Morgan fingerprint density at radius 3 is 2.53 bits per heavy atom. The van der Waals surface area contributed by atoms with Crippen LogP contribution in [-0.2, 0) is 22.4 Å². The molecular formula is C24H29NO5. The van der Waals surface area contributed by atoms with Crippen molar-refractivity contribution in [3.63, 3.8) is 0 Å². The number of carbonyl (C=O) groups is 2. The summed E-state index contributed by atoms with van der Waals surface area (Å²) >= 11 is 0. The number of esters is 1. The first-order valence-corrected chi connectivity index (χ1v) is 10.2. The predicted octanol–water partition coefficient (Wildman–Crippen LogP) is 3.62. The van der Waals surface area contributed by atoms with Crippen molar-refractivity contribution in [1.82, 2.24) is 5.32 Å². The molecule has 1 N–H and O–H groups in total. The zero-order valence-corrected chi connectivity index (χ0v) is 18.2. The Morgan fingerprint density at radius 1 is 1.13 bits per heavy atom. The molecule has 0 bridgehead atoms. The van der Waals surface area contributed by atoms with Crippen molar-refractivity contribution in [3.8, 4) is 11.5 Å². The fraction of sp³-hybridized carbons (Fsp3) is 0.417. The summed E-state index contributed by atoms with van der Waals surface area (Å²) in [7, 11) is 1.60. The van der Waals surface area contributed by atoms with Crippen LogP contribution in [0.3, 0.4) is 0 Å². The molecule has 1 amide bonds. The number of carbonyl (C=O) groups excluding carboxylic acids is 2. The molecule has 0 saturated carbocycles. The summed E-state index contributed by atoms with van der Waals surface area (Å²) in [6.07, 6.45) is 0.624. The maximum Gasteiger partial charge on any atom is 0.332 e. The third-order valence-electron chi connectivity index (χ3n) is 5.23. The highest BCUT2D eigenvalue weighted by Crippen LogP contribution is 2.35. The standard InChI is InChI=1S/C24H29NO5/c1-6-29-23(27)24(13-17-10-11-19(28-5)12-18(17)14-24)25-22(26)20-9-7-8-16(4)21(20)30-15(2)3/h7-12,15H,6,13-14H2,1-5H3,(H,25,26). The van der Waals surface area contributed by atoms with Gasteiger partial charge in [0.15, 0.2) is 0 Å². The number of amides is 1. The van der Waals surface area contributed by atoms with Gasteiger partial charge in [0.25, 0.3) is 5.91 Å². The van der Waals surface area contributed by atoms with Crippen molar-refractivity contribution in [2.75, 3.05) is 13.7 Å². The van der Waals surface area contributed by atoms with E-state index >= 15 is 0 Å². The minimum Gasteiger partial charge on any atom is -0.497 e. The Bertz CT molecular complexity index is 953. The van der Waals surface area contributed by atoms with Gasteiger partial charge in [-0.3, -0.25) is 4.79 Å². The van der Waals surface area contributed by atoms with Crippen molar-refractivity contribution < 1.29 is 23.8 Å². The monoisotopic (exact) mass is 411 g/mol. The largest absolute Gasteiger partial charge is 0.497 e. The van der Waals surface area contributed by atoms with E-state index in [9.17, 15) is 9.59 Å². The van der Waals surface area contributed by atoms with Gasteiger partial charge in [-0.15, -0.1) is 0 Å². The molecule has 3 rings (SSSR count). The maximum atomic E-state index is 13.3. The SMILES string of the molecule is CCOC(=O)C1(NC(=O)c2cccc(C)c2OC(C)C)Cc2ccc(OC)cc2C1. The fourth-order valence-electron chi connectivity index (χ4n) is 3.84. The number of nitrogens with one attached hydrogen (secondary N) is 1. The average Bonchev–Trinajstić information content (AvgIpc) is 3.07. The van der Waals surface area contributed by atoms with Crippen molar-refractivity contribution in [2.24, 2.45) is 0 Å². The van der Waals surface area contributed by atoms with Crippen molar-refractivity contribution >= 4 is 11.9 Å². The Kier molecular flexibility index (Phi) is 6.34. The summed E-state index contributed by atoms with van der Waals surface area (Å²) in [6.45, 7) is 7.72. The van der Waals surface area contributed by atoms with Crippen molar-refractivity contribution in [1.29, 1.82) is 0 Å². The van der Waals surface area contributed by atoms with Crippen LogP contribution in [0.25, 0.3) is 0 Å². The molecule has 1 atom stereocenters. The van der Waals surface area contributed by atoms with Gasteiger partial charge in [0, 0.05) is 12.8 Å². The predicted molar refractivity (Wildman–Crippen MR) is 114 cm³/mol. The quantitative estimate of drug-likeness (QED) is 0.705. The van der Waals surface area contributed by atoms with E-state index in [2.05, 4.69) is 5.32 Å². The number of benzene rings is 2. The molecule has 2 aromatic carbocycles. The Hall–Kier alpha value is -3.02. The van der Waals surface area contributed by atoms with Gasteiger partial charge in [0.1, 0.15) is 17.0 Å². The topological polar surface area (TPSA) is 73.9 Å². The number of aryl methyl sites for hydroxylation is 1. The minimum atomic E-state index is -1.17. The van der Waals surface area contributed by atoms with Crippen LogP contribution in [0.5, 0.6) is 11.5 Å². The van der Waals surface area contributed by atoms with Crippen LogP contribution in [0.1, 0.15) is 47.8 Å². The molecular weight excluding hydrogens is 382 g/mol. The van der Waals surface area contributed by atoms with Gasteiger partial charge in [-0.25, -0.2) is 4.79 Å². The smallest absolute Gasteiger partial charge is 0.332 e. The lowest BCUT2D eigenvalue weighted by Crippen LogP contribution is -2.56. The van der Waals surface area contributed by atoms with Gasteiger partial charge in [0.2, 0.25) is 0 Å². The summed E-state index contributed by atoms with van der Waals surface area (Å²) in [4.78, 5) is 26.3. The number of rotatable bonds is 7. The van der Waals surface area contributed by atoms with E-state index in [0.717, 1.165) is 16.7 Å². The molecule has 0 spiro atoms. The highest BCUT2D eigenvalue weighted by molar-refractivity contribution is 6.01. The summed E-state index contributed by atoms with van der Waals surface area (Å²) in [6, 6.07) is 11.1. The van der Waals surface area contributed by atoms with Crippen LogP contribution in [0.4, 0.5) is 0 Å². The summed E-state index contributed by atoms with van der Waals surface area (Å²) in [5.74, 6) is 0.446. The number of fused-ring (bicyclic) bond motifs is 1. The van der Waals surface area contributed by atoms with Gasteiger partial charge < -0.3 is 19.5 Å². The second-order valence-electron chi connectivity index (χ2n) is 7.86. The first-order chi connectivity index (χ1) is 14.3. The highest BCUT2D eigenvalue weighted by Gasteiger charge is 2.47. The van der Waals surface area contributed by atoms with Gasteiger partial charge in [-0.1, -0.05) is 18.2 Å². The van der Waals surface area contributed by atoms with E-state index in [4.69, 9.17) is 14.2 Å². The zero-order valence-electron chi connectivity index (χ0n) is 18.2. The zero-order chi connectivity index (χ0) is 21.9. The van der Waals surface area contributed by atoms with Gasteiger partial charge in [0.05, 0.1) is 25.4 Å². The number of methoxy groups -OCH3 is 1. The summed E-state index contributed by atoms with van der Waals surface area (Å²) in [5.41, 5.74) is 2.06. The van der Waals surface area contributed by atoms with E-state index in [1.807, 2.05) is 51.1 Å². The number of hydrogen-bond donors (Lipinski definition) is 1. The number of ether oxygens (including phenoxy) is 3. The molecule has 1 aliphatic carbocycles. The van der Waals surface area contributed by atoms with Crippen LogP contribution >= 0.6 is 0 Å². The molecule has 0 radical (unpaired) electrons. The second-order valence-corrected chi connectivity index (χ2v) is 7.86. The molecule has 2 aromatic rings. The van der Waals surface area contributed by atoms with Crippen molar-refractivity contribution in [3.05, 3.63) is 58.7 Å². The fourth-order valence-corrected chi connectivity index (χ4v) is 3.84. The van der Waals surface area contributed by atoms with Crippen molar-refractivity contribution in [2.45, 2.75) is 52.2 Å². The lowest BCUT2D eigenvalue weighted by atomic mass is 9.94. The van der Waals surface area contributed by atoms with Gasteiger partial charge in [-0.05, 0) is 62.6 Å². The Balaban J connectivity index is 1.95. The first-order valence-electron chi connectivity index (χ1n) is 10.2. The van der Waals surface area contributed by atoms with Crippen LogP contribution in [0.2, 0.25) is 0 Å². The molecule has 6 heteroatoms. The molecule has 0 saturated heterocycles. The molecule has 1 unspecified atom stereocenters. The van der Waals surface area contributed by atoms with Crippen LogP contribution < -0.4 is 14.8 Å². The first kappa shape index (κ1) is 21.7. The molecule has 160 valence electrons. The maximum absolute atomic E-state index is 13.3. The number of para-hydroxylation sites is 1. The molecule has 6 nitrogen and oxygen atoms in total. The summed E-state index contributed by atoms with van der Waals surface area (Å²) < 4.78 is 16.6. The van der Waals surface area contributed by atoms with E-state index in [1.54, 1.807) is 20.1 Å². The van der Waals surface area contributed by atoms with E-state index in [0.29, 0.717) is 29.9 Å². The molecule has 0 aliphatic heterocycles. The normalized spacial score (nSPS) is 17.4. The van der Waals surface area contributed by atoms with Crippen LogP contribution in [0, 0.1) is 6.92 Å². The molecule has 1 aliphatic rings. The number of hydrogen-bond acceptors (Lipinski definition) is 5. The van der Waals surface area contributed by atoms with E-state index < -0.39 is 11.5 Å². The lowest BCUT2D eigenvalue weighted by Gasteiger charge is -2.28. The third kappa shape index (κ3) is 4.27. The van der Waals surface area contributed by atoms with E-state index in [1.165, 1.54) is 0 Å². The third-order valence-corrected chi connectivity index (χ3v) is 5.23. The van der Waals surface area contributed by atoms with Crippen LogP contribution in [0.15, 0.2) is 36.4 Å². The molecule has 0 heterocycles. The molecule has 0 aromatic heterocycles. The minimum absolute atomic E-state index is 0.0835. The Labute approximate surface area is 177 Å². The highest BCUT2D eigenvalue weighted by atomic mass is 16.5. The molecule has 30 heavy (non-hydrogen) atoms. The lowest BCUT2D eigenvalue weighted by molar-refractivity contribution is -0.150. The summed E-state index contributed by atoms with van der Waals surface area (Å²) in [5, 5.41) is 2.98. The van der Waals surface area contributed by atoms with Gasteiger partial charge in [-0.2, -0.15) is 0 Å². The van der Waals surface area contributed by atoms with Gasteiger partial charge >= 0.3 is 5.97 Å². The Morgan fingerprint density at radius 2 is 1.87 bits per heavy atom.